The number of rotatable bonds is 8. The lowest BCUT2D eigenvalue weighted by Gasteiger charge is -2.28. The van der Waals surface area contributed by atoms with Crippen molar-refractivity contribution in [2.24, 2.45) is 0 Å². The summed E-state index contributed by atoms with van der Waals surface area (Å²) in [6.07, 6.45) is 3.76. The van der Waals surface area contributed by atoms with Crippen LogP contribution in [-0.2, 0) is 0 Å². The molecule has 260 valence electrons. The Morgan fingerprint density at radius 3 is 1.89 bits per heavy atom. The number of hydrogen-bond acceptors (Lipinski definition) is 4. The molecule has 0 amide bonds. The van der Waals surface area contributed by atoms with Gasteiger partial charge < -0.3 is 13.7 Å². The monoisotopic (exact) mass is 706 g/mol. The highest BCUT2D eigenvalue weighted by molar-refractivity contribution is 6.19. The molecule has 0 aliphatic carbocycles. The third-order valence-corrected chi connectivity index (χ3v) is 10.4. The first kappa shape index (κ1) is 32.2. The molecule has 2 heterocycles. The van der Waals surface area contributed by atoms with Gasteiger partial charge in [-0.15, -0.1) is 0 Å². The van der Waals surface area contributed by atoms with E-state index < -0.39 is 0 Å². The van der Waals surface area contributed by atoms with Gasteiger partial charge in [0.05, 0.1) is 5.69 Å². The topological polar surface area (TPSA) is 42.4 Å². The Kier molecular flexibility index (Phi) is 7.74. The van der Waals surface area contributed by atoms with Crippen molar-refractivity contribution in [2.45, 2.75) is 0 Å². The third kappa shape index (κ3) is 5.60. The van der Waals surface area contributed by atoms with Crippen molar-refractivity contribution in [3.05, 3.63) is 194 Å². The fourth-order valence-corrected chi connectivity index (χ4v) is 7.67. The van der Waals surface area contributed by atoms with E-state index in [1.165, 1.54) is 5.56 Å². The molecule has 0 N–H and O–H groups in total. The number of anilines is 3. The van der Waals surface area contributed by atoms with Crippen molar-refractivity contribution in [2.75, 3.05) is 4.90 Å². The predicted octanol–water partition coefficient (Wildman–Crippen LogP) is 14.6. The second-order valence-electron chi connectivity index (χ2n) is 13.7. The van der Waals surface area contributed by atoms with Crippen LogP contribution in [0.3, 0.4) is 0 Å². The van der Waals surface area contributed by atoms with E-state index in [4.69, 9.17) is 13.8 Å². The summed E-state index contributed by atoms with van der Waals surface area (Å²) < 4.78 is 13.1. The van der Waals surface area contributed by atoms with Gasteiger partial charge in [0.1, 0.15) is 11.1 Å². The molecule has 10 rings (SSSR count). The van der Waals surface area contributed by atoms with Crippen molar-refractivity contribution in [3.8, 4) is 33.7 Å². The highest BCUT2D eigenvalue weighted by Crippen LogP contribution is 2.47. The Hall–Kier alpha value is -7.43. The minimum atomic E-state index is 0.610. The maximum Gasteiger partial charge on any atom is 0.227 e. The Balaban J connectivity index is 1.17. The molecular formula is C51H34N2O2. The summed E-state index contributed by atoms with van der Waals surface area (Å²) in [5, 5.41) is 4.31. The second kappa shape index (κ2) is 13.2. The van der Waals surface area contributed by atoms with Crippen molar-refractivity contribution in [3.63, 3.8) is 0 Å². The Bertz CT molecular complexity index is 3060. The maximum atomic E-state index is 7.01. The molecule has 0 aliphatic rings. The van der Waals surface area contributed by atoms with Crippen LogP contribution in [0, 0.1) is 0 Å². The number of fused-ring (bicyclic) bond motifs is 5. The zero-order chi connectivity index (χ0) is 36.9. The summed E-state index contributed by atoms with van der Waals surface area (Å²) in [5.41, 5.74) is 13.5. The van der Waals surface area contributed by atoms with Gasteiger partial charge in [-0.1, -0.05) is 128 Å². The van der Waals surface area contributed by atoms with Crippen LogP contribution in [-0.4, -0.2) is 4.98 Å². The molecule has 8 aromatic carbocycles. The average Bonchev–Trinajstić information content (AvgIpc) is 3.85. The number of hydrogen-bond donors (Lipinski definition) is 0. The molecule has 0 saturated carbocycles. The lowest BCUT2D eigenvalue weighted by molar-refractivity contribution is 0.620. The highest BCUT2D eigenvalue weighted by Gasteiger charge is 2.24. The van der Waals surface area contributed by atoms with Crippen LogP contribution in [0.2, 0.25) is 0 Å². The van der Waals surface area contributed by atoms with Crippen molar-refractivity contribution in [1.29, 1.82) is 0 Å². The first-order valence-corrected chi connectivity index (χ1v) is 18.3. The molecule has 0 saturated heterocycles. The first-order valence-electron chi connectivity index (χ1n) is 18.3. The van der Waals surface area contributed by atoms with Gasteiger partial charge in [0.2, 0.25) is 5.89 Å². The molecule has 55 heavy (non-hydrogen) atoms. The molecular weight excluding hydrogens is 673 g/mol. The Labute approximate surface area is 318 Å². The van der Waals surface area contributed by atoms with Gasteiger partial charge >= 0.3 is 0 Å². The fraction of sp³-hybridized carbons (Fsp3) is 0. The molecule has 0 unspecified atom stereocenters. The van der Waals surface area contributed by atoms with Crippen LogP contribution in [0.5, 0.6) is 0 Å². The van der Waals surface area contributed by atoms with E-state index in [9.17, 15) is 0 Å². The minimum absolute atomic E-state index is 0.610. The van der Waals surface area contributed by atoms with Crippen LogP contribution in [0.1, 0.15) is 11.1 Å². The van der Waals surface area contributed by atoms with E-state index in [1.807, 2.05) is 54.6 Å². The van der Waals surface area contributed by atoms with Gasteiger partial charge in [0, 0.05) is 33.1 Å². The van der Waals surface area contributed by atoms with Gasteiger partial charge in [-0.2, -0.15) is 0 Å². The van der Waals surface area contributed by atoms with Crippen molar-refractivity contribution < 1.29 is 8.83 Å². The minimum Gasteiger partial charge on any atom is -0.454 e. The third-order valence-electron chi connectivity index (χ3n) is 10.4. The SMILES string of the molecule is C=Cc1ccc(N(c2ccc(-c3ccccc3)cc2)c2c3ccccc3cc3c2oc2cc(-c4ccc5oc(-c6ccccc6)nc5c4)ccc23)cc1C=C. The second-order valence-corrected chi connectivity index (χ2v) is 13.7. The summed E-state index contributed by atoms with van der Waals surface area (Å²) in [6.45, 7) is 8.18. The smallest absolute Gasteiger partial charge is 0.227 e. The van der Waals surface area contributed by atoms with Gasteiger partial charge in [-0.3, -0.25) is 0 Å². The quantitative estimate of drug-likeness (QED) is 0.158. The Morgan fingerprint density at radius 2 is 1.11 bits per heavy atom. The van der Waals surface area contributed by atoms with E-state index in [-0.39, 0.29) is 0 Å². The van der Waals surface area contributed by atoms with Gasteiger partial charge in [-0.25, -0.2) is 4.98 Å². The van der Waals surface area contributed by atoms with Crippen LogP contribution < -0.4 is 4.90 Å². The fourth-order valence-electron chi connectivity index (χ4n) is 7.67. The van der Waals surface area contributed by atoms with Crippen LogP contribution in [0.25, 0.3) is 89.7 Å². The van der Waals surface area contributed by atoms with E-state index >= 15 is 0 Å². The van der Waals surface area contributed by atoms with E-state index in [0.29, 0.717) is 5.89 Å². The number of aromatic nitrogens is 1. The standard InChI is InChI=1S/C51H34N2O2/c1-3-33-19-26-42(29-34(33)4-2)53(41-24-20-36(21-25-41)35-13-7-5-8-14-35)49-43-18-12-11-17-40(43)30-45-44-27-22-39(32-48(44)54-50(45)49)38-23-28-47-46(31-38)52-51(55-47)37-15-9-6-10-16-37/h3-32H,1-2H2. The summed E-state index contributed by atoms with van der Waals surface area (Å²) in [5.74, 6) is 0.610. The molecule has 0 bridgehead atoms. The molecule has 4 nitrogen and oxygen atoms in total. The van der Waals surface area contributed by atoms with Gasteiger partial charge in [0.25, 0.3) is 0 Å². The number of furan rings is 1. The van der Waals surface area contributed by atoms with Crippen LogP contribution >= 0.6 is 0 Å². The summed E-state index contributed by atoms with van der Waals surface area (Å²) in [6, 6.07) is 59.0. The largest absolute Gasteiger partial charge is 0.454 e. The lowest BCUT2D eigenvalue weighted by Crippen LogP contribution is -2.11. The number of oxazole rings is 1. The molecule has 0 aliphatic heterocycles. The zero-order valence-electron chi connectivity index (χ0n) is 29.9. The molecule has 2 aromatic heterocycles. The molecule has 10 aromatic rings. The van der Waals surface area contributed by atoms with Crippen LogP contribution in [0.4, 0.5) is 17.1 Å². The van der Waals surface area contributed by atoms with Crippen LogP contribution in [0.15, 0.2) is 192 Å². The average molecular weight is 707 g/mol. The number of nitrogens with zero attached hydrogens (tertiary/aromatic N) is 2. The van der Waals surface area contributed by atoms with Crippen molar-refractivity contribution in [1.82, 2.24) is 4.98 Å². The van der Waals surface area contributed by atoms with Gasteiger partial charge in [0.15, 0.2) is 11.2 Å². The first-order chi connectivity index (χ1) is 27.1. The Morgan fingerprint density at radius 1 is 0.455 bits per heavy atom. The molecule has 4 heteroatoms. The van der Waals surface area contributed by atoms with Crippen molar-refractivity contribution >= 4 is 73.0 Å². The lowest BCUT2D eigenvalue weighted by atomic mass is 9.99. The summed E-state index contributed by atoms with van der Waals surface area (Å²) in [4.78, 5) is 7.14. The zero-order valence-corrected chi connectivity index (χ0v) is 29.9. The maximum absolute atomic E-state index is 7.01. The number of benzene rings is 8. The molecule has 0 radical (unpaired) electrons. The molecule has 0 fully saturated rings. The predicted molar refractivity (Wildman–Crippen MR) is 230 cm³/mol. The normalized spacial score (nSPS) is 11.4. The summed E-state index contributed by atoms with van der Waals surface area (Å²) >= 11 is 0. The molecule has 0 atom stereocenters. The van der Waals surface area contributed by atoms with E-state index in [2.05, 4.69) is 145 Å². The molecule has 0 spiro atoms. The van der Waals surface area contributed by atoms with E-state index in [0.717, 1.165) is 94.3 Å². The van der Waals surface area contributed by atoms with Gasteiger partial charge in [-0.05, 0) is 105 Å². The highest BCUT2D eigenvalue weighted by atomic mass is 16.3. The summed E-state index contributed by atoms with van der Waals surface area (Å²) in [7, 11) is 0. The van der Waals surface area contributed by atoms with E-state index in [1.54, 1.807) is 0 Å².